The van der Waals surface area contributed by atoms with E-state index in [2.05, 4.69) is 5.32 Å². The third-order valence-corrected chi connectivity index (χ3v) is 3.22. The molecule has 0 aromatic heterocycles. The Morgan fingerprint density at radius 1 is 1.14 bits per heavy atom. The first-order chi connectivity index (χ1) is 9.95. The molecule has 0 aliphatic heterocycles. The molecule has 2 aromatic rings. The summed E-state index contributed by atoms with van der Waals surface area (Å²) in [4.78, 5) is 12.2. The predicted molar refractivity (Wildman–Crippen MR) is 85.5 cm³/mol. The summed E-state index contributed by atoms with van der Waals surface area (Å²) in [5.74, 6) is 0.469. The Balaban J connectivity index is 2.02. The summed E-state index contributed by atoms with van der Waals surface area (Å²) >= 11 is 0. The normalized spacial score (nSPS) is 11.8. The van der Waals surface area contributed by atoms with Crippen molar-refractivity contribution in [2.24, 2.45) is 0 Å². The fraction of sp³-hybridized carbons (Fsp3) is 0.235. The summed E-state index contributed by atoms with van der Waals surface area (Å²) in [7, 11) is 0. The molecule has 4 heteroatoms. The molecule has 0 bridgehead atoms. The highest BCUT2D eigenvalue weighted by molar-refractivity contribution is 5.95. The number of benzene rings is 2. The number of nitrogens with two attached hydrogens (primary N) is 1. The maximum Gasteiger partial charge on any atom is 0.265 e. The number of anilines is 2. The van der Waals surface area contributed by atoms with Crippen molar-refractivity contribution in [1.29, 1.82) is 0 Å². The molecule has 0 aliphatic carbocycles. The summed E-state index contributed by atoms with van der Waals surface area (Å²) in [5, 5.41) is 2.84. The van der Waals surface area contributed by atoms with Gasteiger partial charge in [-0.3, -0.25) is 4.79 Å². The molecule has 3 N–H and O–H groups in total. The van der Waals surface area contributed by atoms with Gasteiger partial charge in [0.1, 0.15) is 5.75 Å². The first-order valence-corrected chi connectivity index (χ1v) is 6.86. The lowest BCUT2D eigenvalue weighted by Gasteiger charge is -2.16. The Bertz CT molecular complexity index is 636. The van der Waals surface area contributed by atoms with Crippen molar-refractivity contribution in [1.82, 2.24) is 0 Å². The van der Waals surface area contributed by atoms with E-state index >= 15 is 0 Å². The van der Waals surface area contributed by atoms with Gasteiger partial charge in [0.05, 0.1) is 0 Å². The molecule has 0 spiro atoms. The molecule has 1 atom stereocenters. The first kappa shape index (κ1) is 14.9. The van der Waals surface area contributed by atoms with Gasteiger partial charge in [0.25, 0.3) is 5.91 Å². The second-order valence-electron chi connectivity index (χ2n) is 5.14. The van der Waals surface area contributed by atoms with Crippen molar-refractivity contribution in [3.63, 3.8) is 0 Å². The summed E-state index contributed by atoms with van der Waals surface area (Å²) in [6.07, 6.45) is -0.589. The molecule has 0 saturated heterocycles. The van der Waals surface area contributed by atoms with Gasteiger partial charge in [0.15, 0.2) is 6.10 Å². The molecule has 1 amide bonds. The van der Waals surface area contributed by atoms with Crippen molar-refractivity contribution >= 4 is 17.3 Å². The Morgan fingerprint density at radius 3 is 2.48 bits per heavy atom. The van der Waals surface area contributed by atoms with Gasteiger partial charge in [-0.1, -0.05) is 23.8 Å². The number of carbonyl (C=O) groups excluding carboxylic acids is 1. The quantitative estimate of drug-likeness (QED) is 0.847. The van der Waals surface area contributed by atoms with Crippen LogP contribution in [0.15, 0.2) is 42.5 Å². The van der Waals surface area contributed by atoms with Gasteiger partial charge in [-0.25, -0.2) is 0 Å². The van der Waals surface area contributed by atoms with Crippen molar-refractivity contribution in [2.45, 2.75) is 26.9 Å². The topological polar surface area (TPSA) is 64.3 Å². The molecule has 0 fully saturated rings. The van der Waals surface area contributed by atoms with Crippen molar-refractivity contribution in [2.75, 3.05) is 11.1 Å². The molecule has 0 aliphatic rings. The fourth-order valence-electron chi connectivity index (χ4n) is 1.88. The van der Waals surface area contributed by atoms with Crippen molar-refractivity contribution < 1.29 is 9.53 Å². The van der Waals surface area contributed by atoms with Crippen LogP contribution in [0.25, 0.3) is 0 Å². The Kier molecular flexibility index (Phi) is 4.48. The van der Waals surface area contributed by atoms with E-state index in [1.807, 2.05) is 44.2 Å². The third kappa shape index (κ3) is 3.99. The zero-order valence-electron chi connectivity index (χ0n) is 12.5. The average Bonchev–Trinajstić information content (AvgIpc) is 2.45. The summed E-state index contributed by atoms with van der Waals surface area (Å²) < 4.78 is 5.63. The van der Waals surface area contributed by atoms with Crippen LogP contribution in [-0.4, -0.2) is 12.0 Å². The van der Waals surface area contributed by atoms with Gasteiger partial charge >= 0.3 is 0 Å². The minimum atomic E-state index is -0.589. The predicted octanol–water partition coefficient (Wildman–Crippen LogP) is 3.29. The minimum Gasteiger partial charge on any atom is -0.481 e. The lowest BCUT2D eigenvalue weighted by atomic mass is 10.1. The van der Waals surface area contributed by atoms with Gasteiger partial charge in [-0.05, 0) is 50.6 Å². The number of amides is 1. The number of nitrogen functional groups attached to an aromatic ring is 1. The molecule has 2 rings (SSSR count). The Morgan fingerprint density at radius 2 is 1.81 bits per heavy atom. The van der Waals surface area contributed by atoms with Gasteiger partial charge < -0.3 is 15.8 Å². The van der Waals surface area contributed by atoms with E-state index in [1.165, 1.54) is 0 Å². The molecule has 4 nitrogen and oxygen atoms in total. The smallest absolute Gasteiger partial charge is 0.265 e. The lowest BCUT2D eigenvalue weighted by molar-refractivity contribution is -0.122. The van der Waals surface area contributed by atoms with E-state index in [1.54, 1.807) is 19.1 Å². The number of hydrogen-bond acceptors (Lipinski definition) is 3. The molecule has 0 heterocycles. The Labute approximate surface area is 124 Å². The highest BCUT2D eigenvalue weighted by atomic mass is 16.5. The van der Waals surface area contributed by atoms with E-state index in [-0.39, 0.29) is 5.91 Å². The Hall–Kier alpha value is -2.49. The highest BCUT2D eigenvalue weighted by Crippen LogP contribution is 2.19. The van der Waals surface area contributed by atoms with Crippen LogP contribution >= 0.6 is 0 Å². The number of nitrogens with one attached hydrogen (secondary N) is 1. The maximum absolute atomic E-state index is 12.2. The molecule has 21 heavy (non-hydrogen) atoms. The fourth-order valence-corrected chi connectivity index (χ4v) is 1.88. The zero-order chi connectivity index (χ0) is 15.4. The summed E-state index contributed by atoms with van der Waals surface area (Å²) in [5.41, 5.74) is 9.16. The molecular formula is C17H20N2O2. The van der Waals surface area contributed by atoms with Crippen LogP contribution in [0.3, 0.4) is 0 Å². The van der Waals surface area contributed by atoms with E-state index in [0.717, 1.165) is 11.1 Å². The number of carbonyl (C=O) groups is 1. The second kappa shape index (κ2) is 6.31. The van der Waals surface area contributed by atoms with Gasteiger partial charge in [-0.15, -0.1) is 0 Å². The summed E-state index contributed by atoms with van der Waals surface area (Å²) in [6.45, 7) is 5.64. The molecule has 2 aromatic carbocycles. The van der Waals surface area contributed by atoms with Crippen LogP contribution < -0.4 is 15.8 Å². The van der Waals surface area contributed by atoms with Crippen LogP contribution in [0.1, 0.15) is 18.1 Å². The average molecular weight is 284 g/mol. The van der Waals surface area contributed by atoms with Gasteiger partial charge in [0.2, 0.25) is 0 Å². The van der Waals surface area contributed by atoms with Crippen LogP contribution in [0.4, 0.5) is 11.4 Å². The van der Waals surface area contributed by atoms with Crippen molar-refractivity contribution in [3.8, 4) is 5.75 Å². The largest absolute Gasteiger partial charge is 0.481 e. The van der Waals surface area contributed by atoms with E-state index in [4.69, 9.17) is 10.5 Å². The van der Waals surface area contributed by atoms with Crippen molar-refractivity contribution in [3.05, 3.63) is 53.6 Å². The van der Waals surface area contributed by atoms with E-state index in [9.17, 15) is 4.79 Å². The van der Waals surface area contributed by atoms with Gasteiger partial charge in [0, 0.05) is 11.4 Å². The van der Waals surface area contributed by atoms with Crippen LogP contribution in [0, 0.1) is 13.8 Å². The van der Waals surface area contributed by atoms with Crippen LogP contribution in [0.5, 0.6) is 5.75 Å². The number of hydrogen-bond donors (Lipinski definition) is 2. The first-order valence-electron chi connectivity index (χ1n) is 6.86. The highest BCUT2D eigenvalue weighted by Gasteiger charge is 2.15. The van der Waals surface area contributed by atoms with Crippen LogP contribution in [-0.2, 0) is 4.79 Å². The molecule has 0 saturated carbocycles. The monoisotopic (exact) mass is 284 g/mol. The number of rotatable bonds is 4. The SMILES string of the molecule is Cc1ccc(OC(C)C(=O)Nc2cc(N)ccc2C)cc1. The number of aryl methyl sites for hydroxylation is 2. The second-order valence-corrected chi connectivity index (χ2v) is 5.14. The van der Waals surface area contributed by atoms with Gasteiger partial charge in [-0.2, -0.15) is 0 Å². The molecule has 1 unspecified atom stereocenters. The summed E-state index contributed by atoms with van der Waals surface area (Å²) in [6, 6.07) is 13.0. The molecular weight excluding hydrogens is 264 g/mol. The third-order valence-electron chi connectivity index (χ3n) is 3.22. The minimum absolute atomic E-state index is 0.204. The van der Waals surface area contributed by atoms with Crippen LogP contribution in [0.2, 0.25) is 0 Å². The molecule has 0 radical (unpaired) electrons. The van der Waals surface area contributed by atoms with E-state index < -0.39 is 6.10 Å². The standard InChI is InChI=1S/C17H20N2O2/c1-11-4-8-15(9-5-11)21-13(3)17(20)19-16-10-14(18)7-6-12(16)2/h4-10,13H,18H2,1-3H3,(H,19,20). The lowest BCUT2D eigenvalue weighted by Crippen LogP contribution is -2.30. The molecule has 110 valence electrons. The van der Waals surface area contributed by atoms with E-state index in [0.29, 0.717) is 17.1 Å². The maximum atomic E-state index is 12.2. The number of ether oxygens (including phenoxy) is 1. The zero-order valence-corrected chi connectivity index (χ0v) is 12.5.